The van der Waals surface area contributed by atoms with Crippen molar-refractivity contribution in [3.8, 4) is 22.4 Å². The van der Waals surface area contributed by atoms with Crippen molar-refractivity contribution >= 4 is 38.6 Å². The number of carboxylic acids is 1. The predicted octanol–water partition coefficient (Wildman–Crippen LogP) is 6.89. The Kier molecular flexibility index (Phi) is 6.43. The molecule has 2 heterocycles. The first-order chi connectivity index (χ1) is 20.5. The molecule has 6 aromatic rings. The van der Waals surface area contributed by atoms with E-state index in [9.17, 15) is 19.1 Å². The van der Waals surface area contributed by atoms with Crippen molar-refractivity contribution in [2.75, 3.05) is 6.61 Å². The number of carbonyl (C=O) groups is 2. The van der Waals surface area contributed by atoms with Crippen molar-refractivity contribution in [2.24, 2.45) is 0 Å². The van der Waals surface area contributed by atoms with Gasteiger partial charge >= 0.3 is 12.1 Å². The number of ether oxygens (including phenoxy) is 1. The fourth-order valence-corrected chi connectivity index (χ4v) is 6.82. The lowest BCUT2D eigenvalue weighted by Crippen LogP contribution is -2.43. The van der Waals surface area contributed by atoms with E-state index in [1.165, 1.54) is 23.5 Å². The first-order valence-electron chi connectivity index (χ1n) is 13.5. The van der Waals surface area contributed by atoms with E-state index in [0.29, 0.717) is 21.9 Å². The lowest BCUT2D eigenvalue weighted by atomic mass is 9.98. The number of alkyl carbamates (subject to hydrolysis) is 1. The molecular weight excluding hydrogens is 553 g/mol. The van der Waals surface area contributed by atoms with Crippen molar-refractivity contribution in [1.29, 1.82) is 0 Å². The van der Waals surface area contributed by atoms with Crippen LogP contribution in [0.1, 0.15) is 22.7 Å². The zero-order valence-corrected chi connectivity index (χ0v) is 23.0. The van der Waals surface area contributed by atoms with Crippen molar-refractivity contribution in [1.82, 2.24) is 14.7 Å². The Morgan fingerprint density at radius 3 is 2.26 bits per heavy atom. The minimum Gasteiger partial charge on any atom is -0.480 e. The van der Waals surface area contributed by atoms with Gasteiger partial charge in [0, 0.05) is 17.9 Å². The number of fused-ring (bicyclic) bond motifs is 6. The van der Waals surface area contributed by atoms with E-state index in [1.807, 2.05) is 77.2 Å². The highest BCUT2D eigenvalue weighted by molar-refractivity contribution is 7.23. The molecule has 1 aliphatic carbocycles. The summed E-state index contributed by atoms with van der Waals surface area (Å²) in [6.45, 7) is 0.0686. The van der Waals surface area contributed by atoms with Crippen LogP contribution in [0.25, 0.3) is 37.6 Å². The number of hydrogen-bond donors (Lipinski definition) is 2. The van der Waals surface area contributed by atoms with Gasteiger partial charge in [-0.3, -0.25) is 4.40 Å². The molecule has 0 saturated heterocycles. The Hall–Kier alpha value is -5.02. The van der Waals surface area contributed by atoms with E-state index in [1.54, 1.807) is 12.1 Å². The molecule has 1 amide bonds. The molecule has 0 aliphatic heterocycles. The summed E-state index contributed by atoms with van der Waals surface area (Å²) in [6, 6.07) is 28.4. The molecule has 0 spiro atoms. The van der Waals surface area contributed by atoms with Crippen LogP contribution in [0.3, 0.4) is 0 Å². The Balaban J connectivity index is 1.17. The maximum Gasteiger partial charge on any atom is 0.407 e. The van der Waals surface area contributed by atoms with Gasteiger partial charge in [0.1, 0.15) is 18.5 Å². The van der Waals surface area contributed by atoms with Gasteiger partial charge in [-0.25, -0.2) is 19.0 Å². The number of amides is 1. The van der Waals surface area contributed by atoms with Gasteiger partial charge in [0.2, 0.25) is 0 Å². The second-order valence-electron chi connectivity index (χ2n) is 10.2. The molecule has 42 heavy (non-hydrogen) atoms. The molecule has 2 N–H and O–H groups in total. The highest BCUT2D eigenvalue weighted by Gasteiger charge is 2.31. The predicted molar refractivity (Wildman–Crippen MR) is 159 cm³/mol. The zero-order valence-electron chi connectivity index (χ0n) is 22.2. The van der Waals surface area contributed by atoms with Crippen molar-refractivity contribution in [3.63, 3.8) is 0 Å². The van der Waals surface area contributed by atoms with Gasteiger partial charge in [-0.15, -0.1) is 0 Å². The summed E-state index contributed by atoms with van der Waals surface area (Å²) in [5.74, 6) is -1.74. The molecule has 0 radical (unpaired) electrons. The van der Waals surface area contributed by atoms with Gasteiger partial charge in [-0.05, 0) is 58.7 Å². The van der Waals surface area contributed by atoms with Crippen molar-refractivity contribution < 1.29 is 23.8 Å². The molecule has 2 aromatic heterocycles. The standard InChI is InChI=1S/C33H24FN3O4S/c34-20-15-13-19(14-16-20)30-28(37-27-11-5-6-12-29(27)42-32(37)36-30)17-26(31(38)39)35-33(40)41-18-25-23-9-3-1-7-21(23)22-8-2-4-10-24(22)25/h1-16,25-26H,17-18H2,(H,35,40)(H,38,39). The topological polar surface area (TPSA) is 92.9 Å². The van der Waals surface area contributed by atoms with E-state index >= 15 is 0 Å². The SMILES string of the molecule is O=C(NC(Cc1c(-c2ccc(F)cc2)nc2sc3ccccc3n12)C(=O)O)OCC1c2ccccc2-c2ccccc21. The second kappa shape index (κ2) is 10.4. The largest absolute Gasteiger partial charge is 0.480 e. The van der Waals surface area contributed by atoms with E-state index in [4.69, 9.17) is 9.72 Å². The normalized spacial score (nSPS) is 13.2. The Labute approximate surface area is 243 Å². The highest BCUT2D eigenvalue weighted by atomic mass is 32.1. The monoisotopic (exact) mass is 577 g/mol. The number of nitrogens with one attached hydrogen (secondary N) is 1. The Morgan fingerprint density at radius 1 is 0.929 bits per heavy atom. The molecule has 1 aliphatic rings. The number of para-hydroxylation sites is 1. The number of rotatable bonds is 7. The van der Waals surface area contributed by atoms with Crippen LogP contribution in [0, 0.1) is 5.82 Å². The van der Waals surface area contributed by atoms with Crippen LogP contribution in [0.2, 0.25) is 0 Å². The van der Waals surface area contributed by atoms with Crippen LogP contribution >= 0.6 is 11.3 Å². The quantitative estimate of drug-likeness (QED) is 0.216. The second-order valence-corrected chi connectivity index (χ2v) is 11.2. The minimum absolute atomic E-state index is 0.0614. The number of carbonyl (C=O) groups excluding carboxylic acids is 1. The van der Waals surface area contributed by atoms with Gasteiger partial charge in [-0.1, -0.05) is 72.0 Å². The summed E-state index contributed by atoms with van der Waals surface area (Å²) in [5.41, 5.74) is 6.99. The number of hydrogen-bond acceptors (Lipinski definition) is 5. The van der Waals surface area contributed by atoms with Gasteiger partial charge in [0.25, 0.3) is 0 Å². The zero-order chi connectivity index (χ0) is 28.8. The van der Waals surface area contributed by atoms with Crippen LogP contribution < -0.4 is 5.32 Å². The third-order valence-electron chi connectivity index (χ3n) is 7.70. The molecule has 7 rings (SSSR count). The number of benzene rings is 4. The molecule has 7 nitrogen and oxygen atoms in total. The van der Waals surface area contributed by atoms with E-state index < -0.39 is 18.1 Å². The maximum atomic E-state index is 13.7. The van der Waals surface area contributed by atoms with Crippen LogP contribution in [0.4, 0.5) is 9.18 Å². The fraction of sp³-hybridized carbons (Fsp3) is 0.121. The van der Waals surface area contributed by atoms with Gasteiger partial charge < -0.3 is 15.2 Å². The number of nitrogens with zero attached hydrogens (tertiary/aromatic N) is 2. The molecule has 0 saturated carbocycles. The smallest absolute Gasteiger partial charge is 0.407 e. The minimum atomic E-state index is -1.29. The third kappa shape index (κ3) is 4.48. The van der Waals surface area contributed by atoms with Crippen molar-refractivity contribution in [3.05, 3.63) is 120 Å². The van der Waals surface area contributed by atoms with E-state index in [0.717, 1.165) is 32.5 Å². The number of aliphatic carboxylic acids is 1. The number of aromatic nitrogens is 2. The average molecular weight is 578 g/mol. The van der Waals surface area contributed by atoms with Crippen LogP contribution in [-0.4, -0.2) is 39.2 Å². The molecule has 4 aromatic carbocycles. The number of imidazole rings is 1. The lowest BCUT2D eigenvalue weighted by Gasteiger charge is -2.18. The van der Waals surface area contributed by atoms with Crippen molar-refractivity contribution in [2.45, 2.75) is 18.4 Å². The fourth-order valence-electron chi connectivity index (χ4n) is 5.78. The van der Waals surface area contributed by atoms with Gasteiger partial charge in [-0.2, -0.15) is 0 Å². The summed E-state index contributed by atoms with van der Waals surface area (Å²) in [4.78, 5) is 30.9. The number of thiazole rings is 1. The number of carboxylic acid groups (broad SMARTS) is 1. The highest BCUT2D eigenvalue weighted by Crippen LogP contribution is 2.44. The summed E-state index contributed by atoms with van der Waals surface area (Å²) in [5, 5.41) is 12.7. The summed E-state index contributed by atoms with van der Waals surface area (Å²) < 4.78 is 22.2. The molecular formula is C33H24FN3O4S. The van der Waals surface area contributed by atoms with Gasteiger partial charge in [0.15, 0.2) is 4.96 Å². The first kappa shape index (κ1) is 25.9. The molecule has 9 heteroatoms. The number of halogens is 1. The average Bonchev–Trinajstić information content (AvgIpc) is 3.64. The maximum absolute atomic E-state index is 13.7. The first-order valence-corrected chi connectivity index (χ1v) is 14.3. The van der Waals surface area contributed by atoms with Crippen LogP contribution in [0.5, 0.6) is 0 Å². The lowest BCUT2D eigenvalue weighted by molar-refractivity contribution is -0.139. The molecule has 0 bridgehead atoms. The van der Waals surface area contributed by atoms with Crippen LogP contribution in [0.15, 0.2) is 97.1 Å². The molecule has 1 atom stereocenters. The van der Waals surface area contributed by atoms with Gasteiger partial charge in [0.05, 0.1) is 21.6 Å². The van der Waals surface area contributed by atoms with E-state index in [2.05, 4.69) is 5.32 Å². The summed E-state index contributed by atoms with van der Waals surface area (Å²) in [6.07, 6.45) is -0.878. The molecule has 208 valence electrons. The summed E-state index contributed by atoms with van der Waals surface area (Å²) in [7, 11) is 0. The Morgan fingerprint density at radius 2 is 1.57 bits per heavy atom. The molecule has 1 unspecified atom stereocenters. The Bertz CT molecular complexity index is 1940. The molecule has 0 fully saturated rings. The third-order valence-corrected chi connectivity index (χ3v) is 8.72. The van der Waals surface area contributed by atoms with Crippen LogP contribution in [-0.2, 0) is 16.0 Å². The summed E-state index contributed by atoms with van der Waals surface area (Å²) >= 11 is 1.47. The van der Waals surface area contributed by atoms with E-state index in [-0.39, 0.29) is 24.8 Å².